The summed E-state index contributed by atoms with van der Waals surface area (Å²) in [5.41, 5.74) is 0.793. The average Bonchev–Trinajstić information content (AvgIpc) is 2.49. The molecule has 0 unspecified atom stereocenters. The van der Waals surface area contributed by atoms with E-state index >= 15 is 0 Å². The van der Waals surface area contributed by atoms with Gasteiger partial charge in [0.05, 0.1) is 11.8 Å². The Labute approximate surface area is 93.1 Å². The molecule has 1 aromatic carbocycles. The van der Waals surface area contributed by atoms with Gasteiger partial charge in [-0.2, -0.15) is 0 Å². The van der Waals surface area contributed by atoms with Crippen LogP contribution in [0.15, 0.2) is 36.7 Å². The number of fused-ring (bicyclic) bond motifs is 1. The number of rotatable bonds is 3. The Bertz CT molecular complexity index is 468. The average molecular weight is 241 g/mol. The van der Waals surface area contributed by atoms with Crippen molar-refractivity contribution in [3.05, 3.63) is 36.7 Å². The first-order valence-corrected chi connectivity index (χ1v) is 6.55. The normalized spacial score (nSPS) is 14.9. The van der Waals surface area contributed by atoms with Crippen LogP contribution in [0.25, 0.3) is 0 Å². The van der Waals surface area contributed by atoms with E-state index in [1.54, 1.807) is 11.0 Å². The highest BCUT2D eigenvalue weighted by Crippen LogP contribution is 2.40. The Morgan fingerprint density at radius 3 is 2.75 bits per heavy atom. The quantitative estimate of drug-likeness (QED) is 0.785. The molecule has 6 heteroatoms. The van der Waals surface area contributed by atoms with E-state index in [1.807, 2.05) is 18.2 Å². The molecule has 5 nitrogen and oxygen atoms in total. The molecule has 0 aromatic heterocycles. The molecule has 16 heavy (non-hydrogen) atoms. The molecule has 0 amide bonds. The third-order valence-corrected chi connectivity index (χ3v) is 3.08. The molecular formula is C10H12NO4P. The predicted molar refractivity (Wildman–Crippen MR) is 60.5 cm³/mol. The first kappa shape index (κ1) is 11.2. The van der Waals surface area contributed by atoms with E-state index in [4.69, 9.17) is 14.5 Å². The fraction of sp³-hybridized carbons (Fsp3) is 0.200. The fourth-order valence-corrected chi connectivity index (χ4v) is 2.02. The largest absolute Gasteiger partial charge is 0.439 e. The maximum absolute atomic E-state index is 10.8. The van der Waals surface area contributed by atoms with E-state index in [1.165, 1.54) is 0 Å². The van der Waals surface area contributed by atoms with Crippen LogP contribution in [0, 0.1) is 0 Å². The Hall–Kier alpha value is -1.29. The lowest BCUT2D eigenvalue weighted by Gasteiger charge is -2.17. The van der Waals surface area contributed by atoms with Crippen molar-refractivity contribution in [2.75, 3.05) is 17.6 Å². The van der Waals surface area contributed by atoms with Crippen LogP contribution in [0.1, 0.15) is 0 Å². The maximum atomic E-state index is 10.8. The molecule has 1 aliphatic rings. The molecule has 0 aliphatic carbocycles. The van der Waals surface area contributed by atoms with E-state index < -0.39 is 7.60 Å². The van der Waals surface area contributed by atoms with Crippen LogP contribution in [0.4, 0.5) is 5.69 Å². The summed E-state index contributed by atoms with van der Waals surface area (Å²) < 4.78 is 16.2. The standard InChI is InChI=1S/C10H12NO4P/c1-8-11(6-7-16(12,13)14)9-4-2-3-5-10(9)15-8/h2-5H,1,6-7H2,(H2,12,13,14). The van der Waals surface area contributed by atoms with Crippen LogP contribution < -0.4 is 9.64 Å². The summed E-state index contributed by atoms with van der Waals surface area (Å²) in [5, 5.41) is 0. The van der Waals surface area contributed by atoms with E-state index in [-0.39, 0.29) is 12.7 Å². The van der Waals surface area contributed by atoms with Crippen molar-refractivity contribution in [2.45, 2.75) is 0 Å². The molecule has 1 aromatic rings. The minimum atomic E-state index is -3.99. The van der Waals surface area contributed by atoms with Crippen LogP contribution in [-0.2, 0) is 4.57 Å². The summed E-state index contributed by atoms with van der Waals surface area (Å²) in [5.74, 6) is 1.06. The molecule has 2 N–H and O–H groups in total. The van der Waals surface area contributed by atoms with Crippen molar-refractivity contribution in [3.8, 4) is 5.75 Å². The van der Waals surface area contributed by atoms with Gasteiger partial charge in [0.15, 0.2) is 11.6 Å². The van der Waals surface area contributed by atoms with Gasteiger partial charge in [-0.3, -0.25) is 4.57 Å². The zero-order chi connectivity index (χ0) is 11.8. The zero-order valence-electron chi connectivity index (χ0n) is 8.54. The van der Waals surface area contributed by atoms with Gasteiger partial charge < -0.3 is 19.4 Å². The second-order valence-electron chi connectivity index (χ2n) is 3.50. The number of nitrogens with zero attached hydrogens (tertiary/aromatic N) is 1. The summed E-state index contributed by atoms with van der Waals surface area (Å²) in [6, 6.07) is 7.29. The molecule has 0 radical (unpaired) electrons. The van der Waals surface area contributed by atoms with Crippen LogP contribution in [0.3, 0.4) is 0 Å². The molecule has 0 spiro atoms. The molecule has 0 fully saturated rings. The van der Waals surface area contributed by atoms with E-state index in [0.29, 0.717) is 11.6 Å². The monoisotopic (exact) mass is 241 g/mol. The number of benzene rings is 1. The number of hydrogen-bond donors (Lipinski definition) is 2. The molecule has 1 heterocycles. The molecule has 1 aliphatic heterocycles. The minimum Gasteiger partial charge on any atom is -0.439 e. The highest BCUT2D eigenvalue weighted by atomic mass is 31.2. The lowest BCUT2D eigenvalue weighted by molar-refractivity contribution is 0.372. The first-order chi connectivity index (χ1) is 7.47. The molecular weight excluding hydrogens is 229 g/mol. The van der Waals surface area contributed by atoms with Crippen LogP contribution in [0.5, 0.6) is 5.75 Å². The molecule has 2 rings (SSSR count). The minimum absolute atomic E-state index is 0.195. The Balaban J connectivity index is 2.17. The third kappa shape index (κ3) is 2.27. The Morgan fingerprint density at radius 2 is 2.06 bits per heavy atom. The molecule has 0 saturated carbocycles. The van der Waals surface area contributed by atoms with Crippen LogP contribution in [-0.4, -0.2) is 22.5 Å². The van der Waals surface area contributed by atoms with E-state index in [9.17, 15) is 4.57 Å². The maximum Gasteiger partial charge on any atom is 0.327 e. The summed E-state index contributed by atoms with van der Waals surface area (Å²) in [7, 11) is -3.99. The van der Waals surface area contributed by atoms with Gasteiger partial charge in [-0.25, -0.2) is 0 Å². The SMILES string of the molecule is C=C1Oc2ccccc2N1CCP(=O)(O)O. The lowest BCUT2D eigenvalue weighted by Crippen LogP contribution is -2.23. The topological polar surface area (TPSA) is 70.0 Å². The van der Waals surface area contributed by atoms with Gasteiger partial charge in [-0.15, -0.1) is 0 Å². The van der Waals surface area contributed by atoms with Crippen molar-refractivity contribution in [2.24, 2.45) is 0 Å². The molecule has 0 bridgehead atoms. The number of hydrogen-bond acceptors (Lipinski definition) is 3. The fourth-order valence-electron chi connectivity index (χ4n) is 1.56. The second-order valence-corrected chi connectivity index (χ2v) is 5.28. The zero-order valence-corrected chi connectivity index (χ0v) is 9.43. The van der Waals surface area contributed by atoms with Crippen molar-refractivity contribution in [1.82, 2.24) is 0 Å². The van der Waals surface area contributed by atoms with E-state index in [0.717, 1.165) is 5.69 Å². The predicted octanol–water partition coefficient (Wildman–Crippen LogP) is 1.53. The molecule has 86 valence electrons. The highest BCUT2D eigenvalue weighted by Gasteiger charge is 2.26. The molecule has 0 atom stereocenters. The van der Waals surface area contributed by atoms with Crippen LogP contribution in [0.2, 0.25) is 0 Å². The summed E-state index contributed by atoms with van der Waals surface area (Å²) in [6.45, 7) is 3.90. The van der Waals surface area contributed by atoms with Gasteiger partial charge in [0.25, 0.3) is 0 Å². The van der Waals surface area contributed by atoms with Crippen molar-refractivity contribution < 1.29 is 19.1 Å². The highest BCUT2D eigenvalue weighted by molar-refractivity contribution is 7.51. The smallest absolute Gasteiger partial charge is 0.327 e. The van der Waals surface area contributed by atoms with Gasteiger partial charge in [0.1, 0.15) is 0 Å². The Kier molecular flexibility index (Phi) is 2.76. The Morgan fingerprint density at radius 1 is 1.38 bits per heavy atom. The third-order valence-electron chi connectivity index (χ3n) is 2.30. The molecule has 0 saturated heterocycles. The van der Waals surface area contributed by atoms with E-state index in [2.05, 4.69) is 6.58 Å². The van der Waals surface area contributed by atoms with Gasteiger partial charge in [0, 0.05) is 6.54 Å². The van der Waals surface area contributed by atoms with Crippen molar-refractivity contribution >= 4 is 13.3 Å². The summed E-state index contributed by atoms with van der Waals surface area (Å²) in [4.78, 5) is 19.3. The second kappa shape index (κ2) is 3.94. The van der Waals surface area contributed by atoms with Gasteiger partial charge in [-0.05, 0) is 18.7 Å². The number of anilines is 1. The van der Waals surface area contributed by atoms with Gasteiger partial charge in [0.2, 0.25) is 0 Å². The summed E-state index contributed by atoms with van der Waals surface area (Å²) >= 11 is 0. The summed E-state index contributed by atoms with van der Waals surface area (Å²) in [6.07, 6.45) is -0.219. The van der Waals surface area contributed by atoms with Gasteiger partial charge >= 0.3 is 7.60 Å². The van der Waals surface area contributed by atoms with Gasteiger partial charge in [-0.1, -0.05) is 12.1 Å². The van der Waals surface area contributed by atoms with Crippen LogP contribution >= 0.6 is 7.60 Å². The van der Waals surface area contributed by atoms with Crippen molar-refractivity contribution in [1.29, 1.82) is 0 Å². The van der Waals surface area contributed by atoms with Crippen molar-refractivity contribution in [3.63, 3.8) is 0 Å². The number of ether oxygens (including phenoxy) is 1. The lowest BCUT2D eigenvalue weighted by atomic mass is 10.3. The first-order valence-electron chi connectivity index (χ1n) is 4.75. The number of para-hydroxylation sites is 2.